The molecule has 0 saturated carbocycles. The summed E-state index contributed by atoms with van der Waals surface area (Å²) in [7, 11) is 0. The van der Waals surface area contributed by atoms with Crippen molar-refractivity contribution < 1.29 is 9.59 Å². The highest BCUT2D eigenvalue weighted by Gasteiger charge is 2.32. The summed E-state index contributed by atoms with van der Waals surface area (Å²) >= 11 is 0. The van der Waals surface area contributed by atoms with Crippen molar-refractivity contribution in [2.45, 2.75) is 33.6 Å². The van der Waals surface area contributed by atoms with Gasteiger partial charge in [-0.05, 0) is 40.5 Å². The second-order valence-electron chi connectivity index (χ2n) is 8.66. The molecule has 1 heterocycles. The Hall–Kier alpha value is -3.14. The fourth-order valence-electron chi connectivity index (χ4n) is 3.90. The van der Waals surface area contributed by atoms with E-state index in [1.165, 1.54) is 0 Å². The summed E-state index contributed by atoms with van der Waals surface area (Å²) < 4.78 is 0. The molecular weight excluding hydrogens is 360 g/mol. The summed E-state index contributed by atoms with van der Waals surface area (Å²) in [5.74, 6) is 0.0449. The molecular formula is C25H26N2O2. The summed E-state index contributed by atoms with van der Waals surface area (Å²) in [5.41, 5.74) is 3.35. The maximum Gasteiger partial charge on any atom is 0.232 e. The minimum absolute atomic E-state index is 0.0620. The number of rotatable bonds is 3. The Kier molecular flexibility index (Phi) is 4.87. The predicted octanol–water partition coefficient (Wildman–Crippen LogP) is 4.96. The molecule has 1 N–H and O–H groups in total. The minimum atomic E-state index is -0.435. The summed E-state index contributed by atoms with van der Waals surface area (Å²) in [4.78, 5) is 27.3. The molecule has 1 aliphatic heterocycles. The molecule has 1 aliphatic rings. The molecule has 2 amide bonds. The van der Waals surface area contributed by atoms with Gasteiger partial charge in [0.2, 0.25) is 11.8 Å². The average Bonchev–Trinajstić information content (AvgIpc) is 3.10. The summed E-state index contributed by atoms with van der Waals surface area (Å²) in [6.07, 6.45) is 1.16. The molecule has 0 radical (unpaired) electrons. The van der Waals surface area contributed by atoms with Gasteiger partial charge in [-0.1, -0.05) is 69.3 Å². The molecule has 0 unspecified atom stereocenters. The molecule has 148 valence electrons. The molecule has 0 aromatic heterocycles. The lowest BCUT2D eigenvalue weighted by Gasteiger charge is -2.26. The zero-order valence-corrected chi connectivity index (χ0v) is 17.2. The van der Waals surface area contributed by atoms with Crippen molar-refractivity contribution in [3.05, 3.63) is 71.8 Å². The van der Waals surface area contributed by atoms with Gasteiger partial charge in [-0.3, -0.25) is 9.59 Å². The number of hydrogen-bond donors (Lipinski definition) is 1. The lowest BCUT2D eigenvalue weighted by atomic mass is 9.94. The Balaban J connectivity index is 1.53. The number of nitrogens with zero attached hydrogens (tertiary/aromatic N) is 1. The number of anilines is 2. The Morgan fingerprint density at radius 1 is 1.00 bits per heavy atom. The zero-order chi connectivity index (χ0) is 20.6. The van der Waals surface area contributed by atoms with Gasteiger partial charge in [-0.15, -0.1) is 0 Å². The Labute approximate surface area is 171 Å². The van der Waals surface area contributed by atoms with E-state index in [2.05, 4.69) is 17.4 Å². The predicted molar refractivity (Wildman–Crippen MR) is 118 cm³/mol. The quantitative estimate of drug-likeness (QED) is 0.692. The van der Waals surface area contributed by atoms with E-state index in [1.807, 2.05) is 74.2 Å². The molecule has 0 fully saturated rings. The molecule has 0 spiro atoms. The smallest absolute Gasteiger partial charge is 0.232 e. The number of nitrogens with one attached hydrogen (secondary N) is 1. The summed E-state index contributed by atoms with van der Waals surface area (Å²) in [6.45, 7) is 6.49. The third kappa shape index (κ3) is 3.88. The maximum absolute atomic E-state index is 12.8. The summed E-state index contributed by atoms with van der Waals surface area (Å²) in [5, 5.41) is 5.24. The molecule has 3 aromatic rings. The highest BCUT2D eigenvalue weighted by Crippen LogP contribution is 2.34. The van der Waals surface area contributed by atoms with E-state index in [-0.39, 0.29) is 11.8 Å². The van der Waals surface area contributed by atoms with Gasteiger partial charge < -0.3 is 10.2 Å². The van der Waals surface area contributed by atoms with Crippen molar-refractivity contribution in [2.24, 2.45) is 5.41 Å². The van der Waals surface area contributed by atoms with Gasteiger partial charge in [0, 0.05) is 23.3 Å². The molecule has 3 aromatic carbocycles. The second-order valence-corrected chi connectivity index (χ2v) is 8.66. The third-order valence-corrected chi connectivity index (χ3v) is 5.38. The molecule has 0 saturated heterocycles. The number of carbonyl (C=O) groups excluding carboxylic acids is 2. The van der Waals surface area contributed by atoms with Gasteiger partial charge in [-0.2, -0.15) is 0 Å². The Morgan fingerprint density at radius 2 is 1.76 bits per heavy atom. The van der Waals surface area contributed by atoms with Crippen LogP contribution in [0, 0.1) is 5.41 Å². The Morgan fingerprint density at radius 3 is 2.55 bits per heavy atom. The maximum atomic E-state index is 12.8. The fourth-order valence-corrected chi connectivity index (χ4v) is 3.90. The summed E-state index contributed by atoms with van der Waals surface area (Å²) in [6, 6.07) is 20.0. The monoisotopic (exact) mass is 386 g/mol. The molecule has 4 heteroatoms. The van der Waals surface area contributed by atoms with Gasteiger partial charge in [-0.25, -0.2) is 0 Å². The van der Waals surface area contributed by atoms with Gasteiger partial charge in [0.1, 0.15) is 0 Å². The van der Waals surface area contributed by atoms with Crippen LogP contribution in [-0.4, -0.2) is 18.4 Å². The fraction of sp³-hybridized carbons (Fsp3) is 0.280. The van der Waals surface area contributed by atoms with E-state index in [0.717, 1.165) is 39.7 Å². The second kappa shape index (κ2) is 7.36. The van der Waals surface area contributed by atoms with Crippen LogP contribution in [-0.2, 0) is 22.4 Å². The normalized spacial score (nSPS) is 13.4. The van der Waals surface area contributed by atoms with Crippen LogP contribution in [0.3, 0.4) is 0 Å². The van der Waals surface area contributed by atoms with Crippen molar-refractivity contribution in [1.29, 1.82) is 0 Å². The van der Waals surface area contributed by atoms with Gasteiger partial charge in [0.25, 0.3) is 0 Å². The van der Waals surface area contributed by atoms with Crippen molar-refractivity contribution in [3.8, 4) is 0 Å². The van der Waals surface area contributed by atoms with Crippen molar-refractivity contribution in [2.75, 3.05) is 16.8 Å². The van der Waals surface area contributed by atoms with E-state index in [4.69, 9.17) is 0 Å². The van der Waals surface area contributed by atoms with E-state index in [1.54, 1.807) is 0 Å². The highest BCUT2D eigenvalue weighted by atomic mass is 16.2. The Bertz CT molecular complexity index is 1090. The molecule has 4 rings (SSSR count). The van der Waals surface area contributed by atoms with E-state index in [0.29, 0.717) is 13.0 Å². The van der Waals surface area contributed by atoms with Crippen molar-refractivity contribution >= 4 is 34.0 Å². The first kappa shape index (κ1) is 19.2. The highest BCUT2D eigenvalue weighted by molar-refractivity contribution is 6.00. The van der Waals surface area contributed by atoms with Gasteiger partial charge >= 0.3 is 0 Å². The standard InChI is InChI=1S/C25H26N2O2/c1-25(2,3)24(29)27-14-13-18-11-12-20(16-22(18)27)26-23(28)15-19-9-6-8-17-7-4-5-10-21(17)19/h4-12,16H,13-15H2,1-3H3,(H,26,28). The first-order valence-corrected chi connectivity index (χ1v) is 10.0. The number of fused-ring (bicyclic) bond motifs is 2. The van der Waals surface area contributed by atoms with Crippen LogP contribution in [0.15, 0.2) is 60.7 Å². The van der Waals surface area contributed by atoms with E-state index >= 15 is 0 Å². The largest absolute Gasteiger partial charge is 0.326 e. The molecule has 0 atom stereocenters. The van der Waals surface area contributed by atoms with Crippen LogP contribution in [0.5, 0.6) is 0 Å². The first-order chi connectivity index (χ1) is 13.8. The van der Waals surface area contributed by atoms with Crippen LogP contribution < -0.4 is 10.2 Å². The first-order valence-electron chi connectivity index (χ1n) is 10.0. The van der Waals surface area contributed by atoms with Gasteiger partial charge in [0.15, 0.2) is 0 Å². The topological polar surface area (TPSA) is 49.4 Å². The molecule has 4 nitrogen and oxygen atoms in total. The van der Waals surface area contributed by atoms with E-state index in [9.17, 15) is 9.59 Å². The molecule has 29 heavy (non-hydrogen) atoms. The van der Waals surface area contributed by atoms with Crippen molar-refractivity contribution in [3.63, 3.8) is 0 Å². The van der Waals surface area contributed by atoms with Crippen molar-refractivity contribution in [1.82, 2.24) is 0 Å². The number of hydrogen-bond acceptors (Lipinski definition) is 2. The van der Waals surface area contributed by atoms with Crippen LogP contribution in [0.1, 0.15) is 31.9 Å². The number of benzene rings is 3. The average molecular weight is 386 g/mol. The van der Waals surface area contributed by atoms with Crippen LogP contribution in [0.4, 0.5) is 11.4 Å². The number of amides is 2. The van der Waals surface area contributed by atoms with Gasteiger partial charge in [0.05, 0.1) is 6.42 Å². The third-order valence-electron chi connectivity index (χ3n) is 5.38. The van der Waals surface area contributed by atoms with Crippen LogP contribution >= 0.6 is 0 Å². The lowest BCUT2D eigenvalue weighted by Crippen LogP contribution is -2.38. The molecule has 0 bridgehead atoms. The van der Waals surface area contributed by atoms with Crippen LogP contribution in [0.2, 0.25) is 0 Å². The lowest BCUT2D eigenvalue weighted by molar-refractivity contribution is -0.125. The SMILES string of the molecule is CC(C)(C)C(=O)N1CCc2ccc(NC(=O)Cc3cccc4ccccc34)cc21. The van der Waals surface area contributed by atoms with E-state index < -0.39 is 5.41 Å². The number of carbonyl (C=O) groups is 2. The minimum Gasteiger partial charge on any atom is -0.326 e. The molecule has 0 aliphatic carbocycles. The zero-order valence-electron chi connectivity index (χ0n) is 17.2. The van der Waals surface area contributed by atoms with Crippen LogP contribution in [0.25, 0.3) is 10.8 Å².